The minimum Gasteiger partial charge on any atom is -0.475 e. The van der Waals surface area contributed by atoms with Gasteiger partial charge in [0.15, 0.2) is 0 Å². The quantitative estimate of drug-likeness (QED) is 0.728. The molecular formula is C24H34N4O2. The second kappa shape index (κ2) is 8.06. The Morgan fingerprint density at radius 2 is 1.77 bits per heavy atom. The van der Waals surface area contributed by atoms with Gasteiger partial charge in [-0.2, -0.15) is 0 Å². The Bertz CT molecular complexity index is 893. The molecule has 2 aliphatic heterocycles. The van der Waals surface area contributed by atoms with Crippen molar-refractivity contribution in [3.05, 3.63) is 34.9 Å². The van der Waals surface area contributed by atoms with Gasteiger partial charge in [-0.25, -0.2) is 0 Å². The largest absolute Gasteiger partial charge is 0.475 e. The summed E-state index contributed by atoms with van der Waals surface area (Å²) in [5.41, 5.74) is 10.7. The van der Waals surface area contributed by atoms with Crippen molar-refractivity contribution >= 4 is 5.91 Å². The van der Waals surface area contributed by atoms with E-state index in [0.29, 0.717) is 37.5 Å². The Hall–Kier alpha value is -2.34. The van der Waals surface area contributed by atoms with Crippen LogP contribution in [0, 0.1) is 19.3 Å². The van der Waals surface area contributed by atoms with Crippen molar-refractivity contribution < 1.29 is 9.53 Å². The van der Waals surface area contributed by atoms with Crippen molar-refractivity contribution in [2.45, 2.75) is 71.9 Å². The zero-order valence-corrected chi connectivity index (χ0v) is 18.6. The van der Waals surface area contributed by atoms with Crippen LogP contribution in [0.1, 0.15) is 56.2 Å². The maximum atomic E-state index is 13.3. The smallest absolute Gasteiger partial charge is 0.236 e. The van der Waals surface area contributed by atoms with Gasteiger partial charge in [0.1, 0.15) is 6.61 Å². The number of aryl methyl sites for hydroxylation is 2. The predicted octanol–water partition coefficient (Wildman–Crippen LogP) is 3.75. The molecule has 1 aromatic heterocycles. The number of hydrogen-bond acceptors (Lipinski definition) is 4. The van der Waals surface area contributed by atoms with Gasteiger partial charge in [-0.15, -0.1) is 5.10 Å². The van der Waals surface area contributed by atoms with Crippen molar-refractivity contribution in [1.29, 1.82) is 0 Å². The highest BCUT2D eigenvalue weighted by molar-refractivity contribution is 5.83. The first-order valence-electron chi connectivity index (χ1n) is 11.1. The van der Waals surface area contributed by atoms with Crippen LogP contribution < -0.4 is 10.5 Å². The van der Waals surface area contributed by atoms with E-state index >= 15 is 0 Å². The van der Waals surface area contributed by atoms with E-state index in [4.69, 9.17) is 10.5 Å². The monoisotopic (exact) mass is 410 g/mol. The number of benzene rings is 1. The molecule has 0 saturated carbocycles. The summed E-state index contributed by atoms with van der Waals surface area (Å²) in [4.78, 5) is 15.4. The maximum absolute atomic E-state index is 13.3. The van der Waals surface area contributed by atoms with Gasteiger partial charge in [0.05, 0.1) is 11.1 Å². The lowest BCUT2D eigenvalue weighted by atomic mass is 9.92. The topological polar surface area (TPSA) is 84.2 Å². The van der Waals surface area contributed by atoms with Gasteiger partial charge < -0.3 is 15.4 Å². The summed E-state index contributed by atoms with van der Waals surface area (Å²) in [6, 6.07) is 7.29. The molecule has 3 heterocycles. The van der Waals surface area contributed by atoms with E-state index in [2.05, 4.69) is 47.1 Å². The third kappa shape index (κ3) is 3.85. The SMILES string of the molecule is Cc1cc(C)cc(-c2[nH]nc(OCC(C)(C)C(=O)N3C4CCC3CC4)c2CCN)c1. The van der Waals surface area contributed by atoms with Crippen LogP contribution in [-0.2, 0) is 11.2 Å². The number of amides is 1. The van der Waals surface area contributed by atoms with Gasteiger partial charge in [-0.1, -0.05) is 17.2 Å². The van der Waals surface area contributed by atoms with E-state index in [1.54, 1.807) is 0 Å². The van der Waals surface area contributed by atoms with Gasteiger partial charge >= 0.3 is 0 Å². The molecule has 4 rings (SSSR count). The van der Waals surface area contributed by atoms with Crippen molar-refractivity contribution in [1.82, 2.24) is 15.1 Å². The molecule has 1 aromatic carbocycles. The van der Waals surface area contributed by atoms with Crippen LogP contribution in [0.5, 0.6) is 5.88 Å². The fraction of sp³-hybridized carbons (Fsp3) is 0.583. The number of nitrogens with zero attached hydrogens (tertiary/aromatic N) is 2. The number of H-pyrrole nitrogens is 1. The minimum absolute atomic E-state index is 0.206. The molecule has 2 aliphatic rings. The summed E-state index contributed by atoms with van der Waals surface area (Å²) in [5, 5.41) is 7.59. The van der Waals surface area contributed by atoms with Gasteiger partial charge in [0.25, 0.3) is 0 Å². The molecule has 0 aliphatic carbocycles. The zero-order chi connectivity index (χ0) is 21.5. The van der Waals surface area contributed by atoms with Crippen LogP contribution in [0.3, 0.4) is 0 Å². The molecule has 2 fully saturated rings. The molecule has 0 unspecified atom stereocenters. The lowest BCUT2D eigenvalue weighted by Gasteiger charge is -2.32. The number of nitrogens with one attached hydrogen (secondary N) is 1. The van der Waals surface area contributed by atoms with Crippen LogP contribution in [0.15, 0.2) is 18.2 Å². The lowest BCUT2D eigenvalue weighted by Crippen LogP contribution is -2.46. The van der Waals surface area contributed by atoms with Crippen molar-refractivity contribution in [2.24, 2.45) is 11.1 Å². The summed E-state index contributed by atoms with van der Waals surface area (Å²) in [6.07, 6.45) is 5.25. The Morgan fingerprint density at radius 3 is 2.33 bits per heavy atom. The number of rotatable bonds is 7. The van der Waals surface area contributed by atoms with E-state index in [1.165, 1.54) is 11.1 Å². The third-order valence-electron chi connectivity index (χ3n) is 6.57. The Kier molecular flexibility index (Phi) is 5.62. The molecule has 6 nitrogen and oxygen atoms in total. The highest BCUT2D eigenvalue weighted by Crippen LogP contribution is 2.40. The predicted molar refractivity (Wildman–Crippen MR) is 118 cm³/mol. The van der Waals surface area contributed by atoms with Crippen LogP contribution in [-0.4, -0.2) is 46.2 Å². The molecule has 162 valence electrons. The van der Waals surface area contributed by atoms with Crippen molar-refractivity contribution in [3.63, 3.8) is 0 Å². The fourth-order valence-corrected chi connectivity index (χ4v) is 5.11. The van der Waals surface area contributed by atoms with Gasteiger partial charge in [-0.05, 0) is 78.5 Å². The normalized spacial score (nSPS) is 20.8. The van der Waals surface area contributed by atoms with Crippen LogP contribution >= 0.6 is 0 Å². The number of aromatic amines is 1. The zero-order valence-electron chi connectivity index (χ0n) is 18.6. The van der Waals surface area contributed by atoms with Crippen molar-refractivity contribution in [2.75, 3.05) is 13.2 Å². The Balaban J connectivity index is 1.53. The summed E-state index contributed by atoms with van der Waals surface area (Å²) in [5.74, 6) is 0.762. The van der Waals surface area contributed by atoms with Gasteiger partial charge in [0, 0.05) is 23.2 Å². The molecule has 2 aromatic rings. The first kappa shape index (κ1) is 20.9. The van der Waals surface area contributed by atoms with E-state index < -0.39 is 5.41 Å². The number of hydrogen-bond donors (Lipinski definition) is 2. The fourth-order valence-electron chi connectivity index (χ4n) is 5.11. The molecule has 0 radical (unpaired) electrons. The lowest BCUT2D eigenvalue weighted by molar-refractivity contribution is -0.143. The second-order valence-corrected chi connectivity index (χ2v) is 9.64. The van der Waals surface area contributed by atoms with E-state index in [9.17, 15) is 4.79 Å². The maximum Gasteiger partial charge on any atom is 0.236 e. The molecule has 30 heavy (non-hydrogen) atoms. The summed E-state index contributed by atoms with van der Waals surface area (Å²) < 4.78 is 6.14. The number of carbonyl (C=O) groups excluding carboxylic acids is 1. The molecule has 0 spiro atoms. The Morgan fingerprint density at radius 1 is 1.17 bits per heavy atom. The van der Waals surface area contributed by atoms with Gasteiger partial charge in [-0.3, -0.25) is 9.89 Å². The number of carbonyl (C=O) groups is 1. The molecule has 2 bridgehead atoms. The minimum atomic E-state index is -0.593. The number of nitrogens with two attached hydrogens (primary N) is 1. The number of ether oxygens (including phenoxy) is 1. The number of fused-ring (bicyclic) bond motifs is 2. The first-order valence-corrected chi connectivity index (χ1v) is 11.1. The van der Waals surface area contributed by atoms with Gasteiger partial charge in [0.2, 0.25) is 11.8 Å². The molecule has 0 atom stereocenters. The molecule has 1 amide bonds. The van der Waals surface area contributed by atoms with E-state index in [-0.39, 0.29) is 5.91 Å². The molecule has 2 saturated heterocycles. The Labute approximate surface area is 179 Å². The molecule has 6 heteroatoms. The average molecular weight is 411 g/mol. The highest BCUT2D eigenvalue weighted by Gasteiger charge is 2.46. The highest BCUT2D eigenvalue weighted by atomic mass is 16.5. The second-order valence-electron chi connectivity index (χ2n) is 9.64. The summed E-state index contributed by atoms with van der Waals surface area (Å²) in [7, 11) is 0. The average Bonchev–Trinajstić information content (AvgIpc) is 3.39. The summed E-state index contributed by atoms with van der Waals surface area (Å²) >= 11 is 0. The van der Waals surface area contributed by atoms with Crippen molar-refractivity contribution in [3.8, 4) is 17.1 Å². The first-order chi connectivity index (χ1) is 14.3. The third-order valence-corrected chi connectivity index (χ3v) is 6.57. The molecule has 3 N–H and O–H groups in total. The van der Waals surface area contributed by atoms with Crippen LogP contribution in [0.4, 0.5) is 0 Å². The van der Waals surface area contributed by atoms with E-state index in [0.717, 1.165) is 42.5 Å². The van der Waals surface area contributed by atoms with Crippen LogP contribution in [0.25, 0.3) is 11.3 Å². The van der Waals surface area contributed by atoms with E-state index in [1.807, 2.05) is 13.8 Å². The molecular weight excluding hydrogens is 376 g/mol. The standard InChI is InChI=1S/C24H34N4O2/c1-15-11-16(2)13-17(12-15)21-20(9-10-25)22(27-26-21)30-14-24(3,4)23(29)28-18-5-6-19(28)8-7-18/h11-13,18-19H,5-10,14,25H2,1-4H3,(H,26,27). The number of aromatic nitrogens is 2. The van der Waals surface area contributed by atoms with Crippen LogP contribution in [0.2, 0.25) is 0 Å². The summed E-state index contributed by atoms with van der Waals surface area (Å²) in [6.45, 7) is 8.95.